The molecule has 1 atom stereocenters. The molecule has 1 aliphatic heterocycles. The number of morpholine rings is 1. The second-order valence-electron chi connectivity index (χ2n) is 4.53. The fraction of sp³-hybridized carbons (Fsp3) is 0.667. The fourth-order valence-corrected chi connectivity index (χ4v) is 1.87. The first-order valence-electron chi connectivity index (χ1n) is 6.87. The van der Waals surface area contributed by atoms with Crippen molar-refractivity contribution in [3.63, 3.8) is 0 Å². The van der Waals surface area contributed by atoms with E-state index in [1.54, 1.807) is 13.8 Å². The van der Waals surface area contributed by atoms with Gasteiger partial charge in [-0.05, 0) is 13.8 Å². The molecule has 0 saturated carbocycles. The Labute approximate surface area is 122 Å². The number of rotatable bonds is 5. The van der Waals surface area contributed by atoms with Crippen LogP contribution in [0.25, 0.3) is 0 Å². The highest BCUT2D eigenvalue weighted by Gasteiger charge is 2.19. The smallest absolute Gasteiger partial charge is 0.328 e. The summed E-state index contributed by atoms with van der Waals surface area (Å²) >= 11 is 0. The van der Waals surface area contributed by atoms with Gasteiger partial charge >= 0.3 is 5.97 Å². The molecule has 21 heavy (non-hydrogen) atoms. The van der Waals surface area contributed by atoms with Crippen LogP contribution < -0.4 is 16.0 Å². The van der Waals surface area contributed by atoms with Crippen LogP contribution in [0.4, 0.5) is 17.8 Å². The van der Waals surface area contributed by atoms with Crippen LogP contribution in [0.1, 0.15) is 13.8 Å². The molecule has 0 amide bonds. The molecular formula is C12H20N6O3. The van der Waals surface area contributed by atoms with Crippen molar-refractivity contribution in [3.05, 3.63) is 0 Å². The number of carbonyl (C=O) groups excluding carboxylic acids is 1. The van der Waals surface area contributed by atoms with Gasteiger partial charge in [0.2, 0.25) is 17.8 Å². The normalized spacial score (nSPS) is 16.4. The zero-order valence-corrected chi connectivity index (χ0v) is 12.2. The Bertz CT molecular complexity index is 492. The highest BCUT2D eigenvalue weighted by Crippen LogP contribution is 2.14. The topological polar surface area (TPSA) is 115 Å². The third-order valence-electron chi connectivity index (χ3n) is 2.92. The zero-order valence-electron chi connectivity index (χ0n) is 12.2. The molecule has 1 saturated heterocycles. The van der Waals surface area contributed by atoms with Crippen LogP contribution in [-0.2, 0) is 14.3 Å². The van der Waals surface area contributed by atoms with E-state index < -0.39 is 6.04 Å². The molecule has 1 aromatic rings. The standard InChI is InChI=1S/C12H20N6O3/c1-3-21-9(19)8(2)14-11-15-10(13)16-12(17-11)18-4-6-20-7-5-18/h8H,3-7H2,1-2H3,(H3,13,14,15,16,17). The van der Waals surface area contributed by atoms with Gasteiger partial charge in [-0.3, -0.25) is 0 Å². The first-order valence-corrected chi connectivity index (χ1v) is 6.87. The van der Waals surface area contributed by atoms with Crippen LogP contribution in [-0.4, -0.2) is 59.9 Å². The molecule has 2 rings (SSSR count). The molecule has 2 heterocycles. The largest absolute Gasteiger partial charge is 0.464 e. The number of carbonyl (C=O) groups is 1. The molecule has 0 aliphatic carbocycles. The van der Waals surface area contributed by atoms with Crippen LogP contribution in [0, 0.1) is 0 Å². The first-order chi connectivity index (χ1) is 10.1. The van der Waals surface area contributed by atoms with Crippen molar-refractivity contribution < 1.29 is 14.3 Å². The van der Waals surface area contributed by atoms with Crippen LogP contribution in [0.3, 0.4) is 0 Å². The molecule has 116 valence electrons. The molecule has 1 aliphatic rings. The molecule has 9 nitrogen and oxygen atoms in total. The lowest BCUT2D eigenvalue weighted by Crippen LogP contribution is -2.38. The minimum atomic E-state index is -0.565. The summed E-state index contributed by atoms with van der Waals surface area (Å²) < 4.78 is 10.2. The molecule has 1 aromatic heterocycles. The van der Waals surface area contributed by atoms with E-state index in [0.717, 1.165) is 0 Å². The molecule has 9 heteroatoms. The summed E-state index contributed by atoms with van der Waals surface area (Å²) in [6, 6.07) is -0.565. The van der Waals surface area contributed by atoms with Crippen molar-refractivity contribution in [1.29, 1.82) is 0 Å². The van der Waals surface area contributed by atoms with Gasteiger partial charge in [-0.2, -0.15) is 15.0 Å². The summed E-state index contributed by atoms with van der Waals surface area (Å²) in [6.45, 7) is 6.37. The Morgan fingerprint density at radius 3 is 2.81 bits per heavy atom. The summed E-state index contributed by atoms with van der Waals surface area (Å²) in [5, 5.41) is 2.87. The predicted molar refractivity (Wildman–Crippen MR) is 77.0 cm³/mol. The molecule has 0 radical (unpaired) electrons. The summed E-state index contributed by atoms with van der Waals surface area (Å²) in [7, 11) is 0. The van der Waals surface area contributed by atoms with Gasteiger partial charge in [0, 0.05) is 13.1 Å². The molecular weight excluding hydrogens is 276 g/mol. The number of nitrogens with zero attached hydrogens (tertiary/aromatic N) is 4. The number of aromatic nitrogens is 3. The van der Waals surface area contributed by atoms with Crippen LogP contribution in [0.2, 0.25) is 0 Å². The minimum Gasteiger partial charge on any atom is -0.464 e. The van der Waals surface area contributed by atoms with Crippen molar-refractivity contribution in [2.45, 2.75) is 19.9 Å². The second kappa shape index (κ2) is 7.02. The van der Waals surface area contributed by atoms with E-state index in [1.165, 1.54) is 0 Å². The van der Waals surface area contributed by atoms with E-state index in [0.29, 0.717) is 38.9 Å². The van der Waals surface area contributed by atoms with Crippen molar-refractivity contribution in [2.24, 2.45) is 0 Å². The number of nitrogens with two attached hydrogens (primary N) is 1. The maximum atomic E-state index is 11.6. The highest BCUT2D eigenvalue weighted by molar-refractivity contribution is 5.78. The van der Waals surface area contributed by atoms with Gasteiger partial charge in [0.15, 0.2) is 0 Å². The van der Waals surface area contributed by atoms with Crippen molar-refractivity contribution in [1.82, 2.24) is 15.0 Å². The molecule has 1 unspecified atom stereocenters. The molecule has 0 aromatic carbocycles. The van der Waals surface area contributed by atoms with Crippen molar-refractivity contribution in [2.75, 3.05) is 48.9 Å². The number of nitrogens with one attached hydrogen (secondary N) is 1. The number of hydrogen-bond donors (Lipinski definition) is 2. The van der Waals surface area contributed by atoms with Crippen molar-refractivity contribution in [3.8, 4) is 0 Å². The Balaban J connectivity index is 2.09. The lowest BCUT2D eigenvalue weighted by Gasteiger charge is -2.27. The maximum absolute atomic E-state index is 11.6. The lowest BCUT2D eigenvalue weighted by molar-refractivity contribution is -0.143. The zero-order chi connectivity index (χ0) is 15.2. The summed E-state index contributed by atoms with van der Waals surface area (Å²) in [6.07, 6.45) is 0. The Kier molecular flexibility index (Phi) is 5.09. The maximum Gasteiger partial charge on any atom is 0.328 e. The number of hydrogen-bond acceptors (Lipinski definition) is 9. The summed E-state index contributed by atoms with van der Waals surface area (Å²) in [5.74, 6) is 0.461. The number of nitrogen functional groups attached to an aromatic ring is 1. The van der Waals surface area contributed by atoms with E-state index in [-0.39, 0.29) is 17.9 Å². The molecule has 0 bridgehead atoms. The minimum absolute atomic E-state index is 0.102. The van der Waals surface area contributed by atoms with E-state index in [1.807, 2.05) is 4.90 Å². The SMILES string of the molecule is CCOC(=O)C(C)Nc1nc(N)nc(N2CCOCC2)n1. The molecule has 3 N–H and O–H groups in total. The van der Waals surface area contributed by atoms with Gasteiger partial charge in [0.1, 0.15) is 6.04 Å². The van der Waals surface area contributed by atoms with E-state index in [4.69, 9.17) is 15.2 Å². The third-order valence-corrected chi connectivity index (χ3v) is 2.92. The lowest BCUT2D eigenvalue weighted by atomic mass is 10.3. The Morgan fingerprint density at radius 1 is 1.43 bits per heavy atom. The average Bonchev–Trinajstić information content (AvgIpc) is 2.47. The predicted octanol–water partition coefficient (Wildman–Crippen LogP) is -0.346. The monoisotopic (exact) mass is 296 g/mol. The van der Waals surface area contributed by atoms with Crippen LogP contribution >= 0.6 is 0 Å². The Hall–Kier alpha value is -2.16. The van der Waals surface area contributed by atoms with Crippen molar-refractivity contribution >= 4 is 23.8 Å². The first kappa shape index (κ1) is 15.2. The number of anilines is 3. The highest BCUT2D eigenvalue weighted by atomic mass is 16.5. The van der Waals surface area contributed by atoms with Gasteiger partial charge in [-0.15, -0.1) is 0 Å². The van der Waals surface area contributed by atoms with Gasteiger partial charge in [0.05, 0.1) is 19.8 Å². The Morgan fingerprint density at radius 2 is 2.14 bits per heavy atom. The van der Waals surface area contributed by atoms with Gasteiger partial charge in [-0.25, -0.2) is 4.79 Å². The second-order valence-corrected chi connectivity index (χ2v) is 4.53. The van der Waals surface area contributed by atoms with Crippen LogP contribution in [0.5, 0.6) is 0 Å². The third kappa shape index (κ3) is 4.15. The van der Waals surface area contributed by atoms with E-state index in [2.05, 4.69) is 20.3 Å². The summed E-state index contributed by atoms with van der Waals surface area (Å²) in [4.78, 5) is 26.0. The van der Waals surface area contributed by atoms with E-state index in [9.17, 15) is 4.79 Å². The summed E-state index contributed by atoms with van der Waals surface area (Å²) in [5.41, 5.74) is 5.70. The van der Waals surface area contributed by atoms with E-state index >= 15 is 0 Å². The molecule has 1 fully saturated rings. The quantitative estimate of drug-likeness (QED) is 0.703. The molecule has 0 spiro atoms. The average molecular weight is 296 g/mol. The number of ether oxygens (including phenoxy) is 2. The van der Waals surface area contributed by atoms with Gasteiger partial charge in [-0.1, -0.05) is 0 Å². The van der Waals surface area contributed by atoms with Gasteiger partial charge < -0.3 is 25.4 Å². The van der Waals surface area contributed by atoms with Gasteiger partial charge in [0.25, 0.3) is 0 Å². The van der Waals surface area contributed by atoms with Crippen LogP contribution in [0.15, 0.2) is 0 Å². The fourth-order valence-electron chi connectivity index (χ4n) is 1.87. The number of esters is 1.